The zero-order chi connectivity index (χ0) is 12.9. The minimum atomic E-state index is -0.884. The van der Waals surface area contributed by atoms with Gasteiger partial charge in [0.05, 0.1) is 5.56 Å². The molecule has 0 aliphatic rings. The maximum Gasteiger partial charge on any atom is 0.337 e. The maximum absolute atomic E-state index is 11.1. The average molecular weight is 235 g/mol. The van der Waals surface area contributed by atoms with Crippen LogP contribution in [-0.2, 0) is 0 Å². The molecule has 0 atom stereocenters. The normalized spacial score (nSPS) is 11.2. The van der Waals surface area contributed by atoms with Crippen LogP contribution in [0.2, 0.25) is 0 Å². The summed E-state index contributed by atoms with van der Waals surface area (Å²) in [5.74, 6) is -0.884. The van der Waals surface area contributed by atoms with Gasteiger partial charge in [-0.1, -0.05) is 32.9 Å². The predicted octanol–water partition coefficient (Wildman–Crippen LogP) is 3.77. The fraction of sp³-hybridized carbons (Fsp3) is 0.500. The Kier molecular flexibility index (Phi) is 4.55. The SMILES string of the molecule is CCC(CC)(CC)Nc1ccccc1C(=O)O. The lowest BCUT2D eigenvalue weighted by Gasteiger charge is -2.33. The molecule has 0 bridgehead atoms. The predicted molar refractivity (Wildman–Crippen MR) is 70.6 cm³/mol. The van der Waals surface area contributed by atoms with Gasteiger partial charge in [0.2, 0.25) is 0 Å². The Morgan fingerprint density at radius 1 is 1.18 bits per heavy atom. The third kappa shape index (κ3) is 2.99. The quantitative estimate of drug-likeness (QED) is 0.789. The van der Waals surface area contributed by atoms with E-state index < -0.39 is 5.97 Å². The highest BCUT2D eigenvalue weighted by molar-refractivity contribution is 5.94. The number of hydrogen-bond donors (Lipinski definition) is 2. The molecule has 3 nitrogen and oxygen atoms in total. The van der Waals surface area contributed by atoms with E-state index in [4.69, 9.17) is 5.11 Å². The largest absolute Gasteiger partial charge is 0.478 e. The molecule has 1 aromatic carbocycles. The van der Waals surface area contributed by atoms with Gasteiger partial charge in [0.15, 0.2) is 0 Å². The van der Waals surface area contributed by atoms with Crippen molar-refractivity contribution in [2.24, 2.45) is 0 Å². The number of rotatable bonds is 6. The first-order chi connectivity index (χ1) is 8.08. The minimum Gasteiger partial charge on any atom is -0.478 e. The number of carbonyl (C=O) groups is 1. The molecule has 0 aliphatic carbocycles. The second-order valence-corrected chi connectivity index (χ2v) is 4.32. The molecule has 0 saturated carbocycles. The van der Waals surface area contributed by atoms with Crippen LogP contribution in [0.1, 0.15) is 50.4 Å². The fourth-order valence-corrected chi connectivity index (χ4v) is 2.08. The molecule has 0 fully saturated rings. The van der Waals surface area contributed by atoms with Crippen molar-refractivity contribution in [3.63, 3.8) is 0 Å². The average Bonchev–Trinajstić information content (AvgIpc) is 2.36. The fourth-order valence-electron chi connectivity index (χ4n) is 2.08. The summed E-state index contributed by atoms with van der Waals surface area (Å²) in [5.41, 5.74) is 1.05. The van der Waals surface area contributed by atoms with Crippen molar-refractivity contribution < 1.29 is 9.90 Å². The number of carboxylic acids is 1. The molecule has 1 rings (SSSR count). The first-order valence-electron chi connectivity index (χ1n) is 6.19. The van der Waals surface area contributed by atoms with E-state index in [0.717, 1.165) is 19.3 Å². The third-order valence-corrected chi connectivity index (χ3v) is 3.59. The Bertz CT molecular complexity index is 375. The monoisotopic (exact) mass is 235 g/mol. The van der Waals surface area contributed by atoms with E-state index in [1.54, 1.807) is 12.1 Å². The van der Waals surface area contributed by atoms with Gasteiger partial charge in [-0.15, -0.1) is 0 Å². The molecule has 0 aromatic heterocycles. The van der Waals surface area contributed by atoms with Crippen LogP contribution >= 0.6 is 0 Å². The summed E-state index contributed by atoms with van der Waals surface area (Å²) >= 11 is 0. The number of carboxylic acid groups (broad SMARTS) is 1. The molecule has 0 aliphatic heterocycles. The van der Waals surface area contributed by atoms with Crippen LogP contribution < -0.4 is 5.32 Å². The number of nitrogens with one attached hydrogen (secondary N) is 1. The maximum atomic E-state index is 11.1. The van der Waals surface area contributed by atoms with E-state index in [0.29, 0.717) is 11.3 Å². The number of aromatic carboxylic acids is 1. The van der Waals surface area contributed by atoms with E-state index >= 15 is 0 Å². The summed E-state index contributed by atoms with van der Waals surface area (Å²) in [5, 5.41) is 12.6. The number of benzene rings is 1. The second-order valence-electron chi connectivity index (χ2n) is 4.32. The standard InChI is InChI=1S/C14H21NO2/c1-4-14(5-2,6-3)15-12-10-8-7-9-11(12)13(16)17/h7-10,15H,4-6H2,1-3H3,(H,16,17). The first-order valence-corrected chi connectivity index (χ1v) is 6.19. The summed E-state index contributed by atoms with van der Waals surface area (Å²) in [6, 6.07) is 7.08. The zero-order valence-corrected chi connectivity index (χ0v) is 10.8. The molecular weight excluding hydrogens is 214 g/mol. The molecule has 0 amide bonds. The summed E-state index contributed by atoms with van der Waals surface area (Å²) in [7, 11) is 0. The smallest absolute Gasteiger partial charge is 0.337 e. The first kappa shape index (κ1) is 13.6. The highest BCUT2D eigenvalue weighted by Crippen LogP contribution is 2.27. The van der Waals surface area contributed by atoms with Crippen molar-refractivity contribution in [3.05, 3.63) is 29.8 Å². The molecule has 3 heteroatoms. The van der Waals surface area contributed by atoms with Gasteiger partial charge in [-0.25, -0.2) is 4.79 Å². The summed E-state index contributed by atoms with van der Waals surface area (Å²) < 4.78 is 0. The lowest BCUT2D eigenvalue weighted by atomic mass is 9.89. The van der Waals surface area contributed by atoms with Crippen LogP contribution in [0, 0.1) is 0 Å². The van der Waals surface area contributed by atoms with Gasteiger partial charge in [0.25, 0.3) is 0 Å². The lowest BCUT2D eigenvalue weighted by Crippen LogP contribution is -2.36. The van der Waals surface area contributed by atoms with Crippen molar-refractivity contribution in [3.8, 4) is 0 Å². The van der Waals surface area contributed by atoms with Crippen LogP contribution in [0.4, 0.5) is 5.69 Å². The molecule has 0 unspecified atom stereocenters. The van der Waals surface area contributed by atoms with Crippen LogP contribution in [0.5, 0.6) is 0 Å². The Morgan fingerprint density at radius 2 is 1.71 bits per heavy atom. The number of anilines is 1. The van der Waals surface area contributed by atoms with E-state index in [9.17, 15) is 4.79 Å². The van der Waals surface area contributed by atoms with Crippen LogP contribution in [0.15, 0.2) is 24.3 Å². The minimum absolute atomic E-state index is 0.00838. The second kappa shape index (κ2) is 5.71. The molecule has 94 valence electrons. The topological polar surface area (TPSA) is 49.3 Å². The molecular formula is C14H21NO2. The van der Waals surface area contributed by atoms with E-state index in [2.05, 4.69) is 26.1 Å². The molecule has 17 heavy (non-hydrogen) atoms. The van der Waals surface area contributed by atoms with Crippen molar-refractivity contribution >= 4 is 11.7 Å². The van der Waals surface area contributed by atoms with Gasteiger partial charge in [-0.05, 0) is 31.4 Å². The summed E-state index contributed by atoms with van der Waals surface area (Å²) in [6.07, 6.45) is 2.94. The Hall–Kier alpha value is -1.51. The van der Waals surface area contributed by atoms with Gasteiger partial charge >= 0.3 is 5.97 Å². The third-order valence-electron chi connectivity index (χ3n) is 3.59. The number of para-hydroxylation sites is 1. The van der Waals surface area contributed by atoms with Crippen molar-refractivity contribution in [2.75, 3.05) is 5.32 Å². The molecule has 2 N–H and O–H groups in total. The highest BCUT2D eigenvalue weighted by atomic mass is 16.4. The Morgan fingerprint density at radius 3 is 2.18 bits per heavy atom. The molecule has 1 aromatic rings. The summed E-state index contributed by atoms with van der Waals surface area (Å²) in [6.45, 7) is 6.39. The van der Waals surface area contributed by atoms with Gasteiger partial charge in [0, 0.05) is 11.2 Å². The van der Waals surface area contributed by atoms with E-state index in [1.165, 1.54) is 0 Å². The van der Waals surface area contributed by atoms with Gasteiger partial charge < -0.3 is 10.4 Å². The van der Waals surface area contributed by atoms with E-state index in [-0.39, 0.29) is 5.54 Å². The lowest BCUT2D eigenvalue weighted by molar-refractivity contribution is 0.0698. The van der Waals surface area contributed by atoms with Crippen LogP contribution in [0.25, 0.3) is 0 Å². The Balaban J connectivity index is 3.05. The van der Waals surface area contributed by atoms with Crippen molar-refractivity contribution in [1.29, 1.82) is 0 Å². The van der Waals surface area contributed by atoms with Crippen molar-refractivity contribution in [1.82, 2.24) is 0 Å². The van der Waals surface area contributed by atoms with Gasteiger partial charge in [-0.2, -0.15) is 0 Å². The highest BCUT2D eigenvalue weighted by Gasteiger charge is 2.25. The van der Waals surface area contributed by atoms with Gasteiger partial charge in [0.1, 0.15) is 0 Å². The molecule has 0 heterocycles. The zero-order valence-electron chi connectivity index (χ0n) is 10.8. The van der Waals surface area contributed by atoms with Crippen LogP contribution in [0.3, 0.4) is 0 Å². The molecule has 0 saturated heterocycles. The van der Waals surface area contributed by atoms with E-state index in [1.807, 2.05) is 12.1 Å². The summed E-state index contributed by atoms with van der Waals surface area (Å²) in [4.78, 5) is 11.1. The Labute approximate surface area is 103 Å². The molecule has 0 radical (unpaired) electrons. The van der Waals surface area contributed by atoms with Crippen molar-refractivity contribution in [2.45, 2.75) is 45.6 Å². The number of hydrogen-bond acceptors (Lipinski definition) is 2. The van der Waals surface area contributed by atoms with Crippen LogP contribution in [-0.4, -0.2) is 16.6 Å². The van der Waals surface area contributed by atoms with Gasteiger partial charge in [-0.3, -0.25) is 0 Å². The molecule has 0 spiro atoms.